The minimum atomic E-state index is -0.315. The van der Waals surface area contributed by atoms with Crippen molar-refractivity contribution in [1.29, 1.82) is 0 Å². The number of carbonyl (C=O) groups is 1. The van der Waals surface area contributed by atoms with Crippen LogP contribution in [0.3, 0.4) is 0 Å². The van der Waals surface area contributed by atoms with Crippen LogP contribution in [0.25, 0.3) is 0 Å². The van der Waals surface area contributed by atoms with Gasteiger partial charge in [-0.15, -0.1) is 0 Å². The number of carbonyl (C=O) groups excluding carboxylic acids is 1. The Kier molecular flexibility index (Phi) is 4.91. The van der Waals surface area contributed by atoms with E-state index in [1.165, 1.54) is 0 Å². The van der Waals surface area contributed by atoms with E-state index >= 15 is 0 Å². The number of aryl methyl sites for hydroxylation is 1. The van der Waals surface area contributed by atoms with Crippen molar-refractivity contribution in [2.24, 2.45) is 0 Å². The number of aliphatic hydroxyl groups is 1. The van der Waals surface area contributed by atoms with Crippen molar-refractivity contribution >= 4 is 5.78 Å². The second-order valence-electron chi connectivity index (χ2n) is 6.03. The number of aliphatic hydroxyl groups excluding tert-OH is 1. The van der Waals surface area contributed by atoms with Crippen LogP contribution in [0, 0.1) is 6.92 Å². The minimum Gasteiger partial charge on any atom is -0.392 e. The highest BCUT2D eigenvalue weighted by atomic mass is 16.3. The van der Waals surface area contributed by atoms with Crippen molar-refractivity contribution < 1.29 is 9.90 Å². The first-order valence-corrected chi connectivity index (χ1v) is 7.12. The number of nitrogens with zero attached hydrogens (tertiary/aromatic N) is 2. The number of likely N-dealkylation sites (N-methyl/N-ethyl adjacent to an activating group) is 1. The van der Waals surface area contributed by atoms with Gasteiger partial charge in [0.05, 0.1) is 12.6 Å². The smallest absolute Gasteiger partial charge is 0.176 e. The first-order chi connectivity index (χ1) is 9.45. The first kappa shape index (κ1) is 15.2. The largest absolute Gasteiger partial charge is 0.392 e. The zero-order valence-corrected chi connectivity index (χ0v) is 12.5. The Labute approximate surface area is 121 Å². The molecule has 1 aromatic carbocycles. The van der Waals surface area contributed by atoms with Gasteiger partial charge in [-0.1, -0.05) is 23.8 Å². The normalized spacial score (nSPS) is 23.4. The molecule has 1 aliphatic heterocycles. The summed E-state index contributed by atoms with van der Waals surface area (Å²) >= 11 is 0. The SMILES string of the molecule is Cc1cccc(C(=O)CN2CC(O)CC2CN(C)C)c1. The third-order valence-electron chi connectivity index (χ3n) is 3.77. The maximum atomic E-state index is 12.4. The summed E-state index contributed by atoms with van der Waals surface area (Å²) in [5.74, 6) is 0.131. The van der Waals surface area contributed by atoms with E-state index in [9.17, 15) is 9.90 Å². The van der Waals surface area contributed by atoms with E-state index < -0.39 is 0 Å². The molecule has 20 heavy (non-hydrogen) atoms. The van der Waals surface area contributed by atoms with E-state index in [4.69, 9.17) is 0 Å². The van der Waals surface area contributed by atoms with Crippen molar-refractivity contribution in [1.82, 2.24) is 9.80 Å². The number of Topliss-reactive ketones (excluding diaryl/α,β-unsaturated/α-hetero) is 1. The predicted octanol–water partition coefficient (Wildman–Crippen LogP) is 1.17. The summed E-state index contributed by atoms with van der Waals surface area (Å²) in [7, 11) is 4.04. The average molecular weight is 276 g/mol. The molecule has 110 valence electrons. The van der Waals surface area contributed by atoms with Gasteiger partial charge in [0.25, 0.3) is 0 Å². The van der Waals surface area contributed by atoms with Crippen LogP contribution in [0.2, 0.25) is 0 Å². The van der Waals surface area contributed by atoms with Crippen LogP contribution >= 0.6 is 0 Å². The molecule has 2 unspecified atom stereocenters. The molecule has 0 bridgehead atoms. The Morgan fingerprint density at radius 3 is 2.85 bits per heavy atom. The fourth-order valence-electron chi connectivity index (χ4n) is 2.86. The van der Waals surface area contributed by atoms with E-state index in [0.29, 0.717) is 13.1 Å². The summed E-state index contributed by atoms with van der Waals surface area (Å²) in [6.45, 7) is 3.85. The summed E-state index contributed by atoms with van der Waals surface area (Å²) in [6, 6.07) is 7.96. The number of β-amino-alcohol motifs (C(OH)–C–C–N with tert-alkyl or cyclic N) is 1. The fourth-order valence-corrected chi connectivity index (χ4v) is 2.86. The topological polar surface area (TPSA) is 43.8 Å². The molecule has 1 saturated heterocycles. The molecule has 0 spiro atoms. The van der Waals surface area contributed by atoms with E-state index in [-0.39, 0.29) is 17.9 Å². The Bertz CT molecular complexity index is 473. The quantitative estimate of drug-likeness (QED) is 0.820. The summed E-state index contributed by atoms with van der Waals surface area (Å²) in [6.07, 6.45) is 0.435. The minimum absolute atomic E-state index is 0.131. The molecule has 0 radical (unpaired) electrons. The van der Waals surface area contributed by atoms with E-state index in [1.54, 1.807) is 0 Å². The average Bonchev–Trinajstić information content (AvgIpc) is 2.68. The van der Waals surface area contributed by atoms with Crippen molar-refractivity contribution in [3.05, 3.63) is 35.4 Å². The van der Waals surface area contributed by atoms with Gasteiger partial charge >= 0.3 is 0 Å². The van der Waals surface area contributed by atoms with Crippen LogP contribution in [0.4, 0.5) is 0 Å². The van der Waals surface area contributed by atoms with Gasteiger partial charge in [-0.2, -0.15) is 0 Å². The molecule has 0 aliphatic carbocycles. The van der Waals surface area contributed by atoms with Crippen LogP contribution in [0.15, 0.2) is 24.3 Å². The van der Waals surface area contributed by atoms with E-state index in [1.807, 2.05) is 45.3 Å². The molecule has 1 heterocycles. The maximum absolute atomic E-state index is 12.4. The number of rotatable bonds is 5. The Hall–Kier alpha value is -1.23. The lowest BCUT2D eigenvalue weighted by molar-refractivity contribution is 0.0902. The van der Waals surface area contributed by atoms with Crippen LogP contribution < -0.4 is 0 Å². The van der Waals surface area contributed by atoms with Gasteiger partial charge in [-0.3, -0.25) is 9.69 Å². The molecule has 2 atom stereocenters. The van der Waals surface area contributed by atoms with Crippen molar-refractivity contribution in [2.75, 3.05) is 33.7 Å². The number of benzene rings is 1. The zero-order chi connectivity index (χ0) is 14.7. The molecule has 2 rings (SSSR count). The molecule has 0 aromatic heterocycles. The fraction of sp³-hybridized carbons (Fsp3) is 0.562. The van der Waals surface area contributed by atoms with Gasteiger partial charge in [-0.05, 0) is 33.5 Å². The molecular weight excluding hydrogens is 252 g/mol. The summed E-state index contributed by atoms with van der Waals surface area (Å²) in [5.41, 5.74) is 1.86. The lowest BCUT2D eigenvalue weighted by atomic mass is 10.1. The standard InChI is InChI=1S/C16H24N2O2/c1-12-5-4-6-13(7-12)16(20)11-18-10-15(19)8-14(18)9-17(2)3/h4-7,14-15,19H,8-11H2,1-3H3. The van der Waals surface area contributed by atoms with Crippen molar-refractivity contribution in [3.8, 4) is 0 Å². The third-order valence-corrected chi connectivity index (χ3v) is 3.77. The number of hydrogen-bond acceptors (Lipinski definition) is 4. The van der Waals surface area contributed by atoms with Gasteiger partial charge in [0, 0.05) is 24.7 Å². The van der Waals surface area contributed by atoms with Crippen LogP contribution in [-0.4, -0.2) is 66.6 Å². The van der Waals surface area contributed by atoms with Gasteiger partial charge in [0.2, 0.25) is 0 Å². The van der Waals surface area contributed by atoms with E-state index in [0.717, 1.165) is 24.1 Å². The first-order valence-electron chi connectivity index (χ1n) is 7.12. The van der Waals surface area contributed by atoms with Gasteiger partial charge in [0.1, 0.15) is 0 Å². The second kappa shape index (κ2) is 6.48. The highest BCUT2D eigenvalue weighted by molar-refractivity contribution is 5.97. The lowest BCUT2D eigenvalue weighted by Gasteiger charge is -2.26. The Morgan fingerprint density at radius 2 is 2.20 bits per heavy atom. The highest BCUT2D eigenvalue weighted by Gasteiger charge is 2.32. The monoisotopic (exact) mass is 276 g/mol. The Morgan fingerprint density at radius 1 is 1.45 bits per heavy atom. The molecular formula is C16H24N2O2. The van der Waals surface area contributed by atoms with Gasteiger partial charge in [-0.25, -0.2) is 0 Å². The summed E-state index contributed by atoms with van der Waals surface area (Å²) < 4.78 is 0. The summed E-state index contributed by atoms with van der Waals surface area (Å²) in [4.78, 5) is 16.6. The van der Waals surface area contributed by atoms with Crippen molar-refractivity contribution in [3.63, 3.8) is 0 Å². The van der Waals surface area contributed by atoms with E-state index in [2.05, 4.69) is 9.80 Å². The van der Waals surface area contributed by atoms with Gasteiger partial charge < -0.3 is 10.0 Å². The maximum Gasteiger partial charge on any atom is 0.176 e. The number of ketones is 1. The molecule has 1 aromatic rings. The molecule has 1 N–H and O–H groups in total. The van der Waals surface area contributed by atoms with Crippen molar-refractivity contribution in [2.45, 2.75) is 25.5 Å². The van der Waals surface area contributed by atoms with Crippen LogP contribution in [0.5, 0.6) is 0 Å². The lowest BCUT2D eigenvalue weighted by Crippen LogP contribution is -2.40. The number of likely N-dealkylation sites (tertiary alicyclic amines) is 1. The van der Waals surface area contributed by atoms with Gasteiger partial charge in [0.15, 0.2) is 5.78 Å². The van der Waals surface area contributed by atoms with Crippen LogP contribution in [0.1, 0.15) is 22.3 Å². The molecule has 4 nitrogen and oxygen atoms in total. The predicted molar refractivity (Wildman–Crippen MR) is 80.0 cm³/mol. The molecule has 0 saturated carbocycles. The molecule has 4 heteroatoms. The zero-order valence-electron chi connectivity index (χ0n) is 12.5. The third kappa shape index (κ3) is 3.88. The molecule has 1 fully saturated rings. The van der Waals surface area contributed by atoms with Crippen LogP contribution in [-0.2, 0) is 0 Å². The summed E-state index contributed by atoms with van der Waals surface area (Å²) in [5, 5.41) is 9.84. The second-order valence-corrected chi connectivity index (χ2v) is 6.03. The molecule has 1 aliphatic rings. The Balaban J connectivity index is 2.02. The molecule has 0 amide bonds. The number of hydrogen-bond donors (Lipinski definition) is 1. The highest BCUT2D eigenvalue weighted by Crippen LogP contribution is 2.19.